The van der Waals surface area contributed by atoms with Crippen molar-refractivity contribution in [3.63, 3.8) is 0 Å². The Hall–Kier alpha value is -2.08. The zero-order valence-electron chi connectivity index (χ0n) is 12.2. The Bertz CT molecular complexity index is 708. The summed E-state index contributed by atoms with van der Waals surface area (Å²) in [6.45, 7) is 3.46. The average molecular weight is 366 g/mol. The molecule has 1 aromatic heterocycles. The molecule has 5 nitrogen and oxygen atoms in total. The summed E-state index contributed by atoms with van der Waals surface area (Å²) in [4.78, 5) is 23.4. The van der Waals surface area contributed by atoms with Gasteiger partial charge in [0.2, 0.25) is 0 Å². The molecule has 0 bridgehead atoms. The first-order valence-electron chi connectivity index (χ1n) is 6.72. The molecule has 0 spiro atoms. The topological polar surface area (TPSA) is 79.5 Å². The highest BCUT2D eigenvalue weighted by Gasteiger charge is 2.21. The van der Waals surface area contributed by atoms with E-state index in [0.29, 0.717) is 17.1 Å². The first-order valence-corrected chi connectivity index (χ1v) is 7.51. The maximum atomic E-state index is 12.4. The number of carbonyl (C=O) groups excluding carboxylic acids is 1. The molecule has 2 N–H and O–H groups in total. The van der Waals surface area contributed by atoms with Crippen molar-refractivity contribution in [3.05, 3.63) is 57.5 Å². The summed E-state index contributed by atoms with van der Waals surface area (Å²) in [5, 5.41) is 11.8. The van der Waals surface area contributed by atoms with Gasteiger partial charge in [0.15, 0.2) is 0 Å². The van der Waals surface area contributed by atoms with Crippen LogP contribution in [0.25, 0.3) is 0 Å². The fraction of sp³-hybridized carbons (Fsp3) is 0.250. The predicted octanol–water partition coefficient (Wildman–Crippen LogP) is 3.60. The molecule has 2 rings (SSSR count). The largest absolute Gasteiger partial charge is 0.481 e. The Morgan fingerprint density at radius 3 is 2.59 bits per heavy atom. The maximum absolute atomic E-state index is 12.4. The number of aryl methyl sites for hydroxylation is 2. The third-order valence-electron chi connectivity index (χ3n) is 3.22. The van der Waals surface area contributed by atoms with E-state index in [0.717, 1.165) is 10.0 Å². The number of carboxylic acid groups (broad SMARTS) is 1. The predicted molar refractivity (Wildman–Crippen MR) is 84.8 cm³/mol. The fourth-order valence-electron chi connectivity index (χ4n) is 2.24. The van der Waals surface area contributed by atoms with Crippen LogP contribution in [0.5, 0.6) is 0 Å². The number of carboxylic acids is 1. The Kier molecular flexibility index (Phi) is 5.03. The summed E-state index contributed by atoms with van der Waals surface area (Å²) in [6, 6.07) is 8.24. The fourth-order valence-corrected chi connectivity index (χ4v) is 2.66. The van der Waals surface area contributed by atoms with Crippen molar-refractivity contribution in [2.45, 2.75) is 26.3 Å². The lowest BCUT2D eigenvalue weighted by molar-refractivity contribution is -0.137. The van der Waals surface area contributed by atoms with Gasteiger partial charge in [-0.05, 0) is 37.6 Å². The van der Waals surface area contributed by atoms with Gasteiger partial charge in [-0.2, -0.15) is 0 Å². The summed E-state index contributed by atoms with van der Waals surface area (Å²) in [7, 11) is 0. The normalized spacial score (nSPS) is 12.0. The quantitative estimate of drug-likeness (QED) is 0.847. The molecule has 0 aliphatic heterocycles. The second-order valence-corrected chi connectivity index (χ2v) is 5.92. The van der Waals surface area contributed by atoms with Crippen LogP contribution < -0.4 is 5.32 Å². The van der Waals surface area contributed by atoms with Gasteiger partial charge in [0.05, 0.1) is 18.0 Å². The number of halogens is 1. The van der Waals surface area contributed by atoms with Gasteiger partial charge in [0.25, 0.3) is 5.91 Å². The van der Waals surface area contributed by atoms with E-state index in [9.17, 15) is 9.59 Å². The van der Waals surface area contributed by atoms with Gasteiger partial charge in [-0.15, -0.1) is 0 Å². The lowest BCUT2D eigenvalue weighted by Crippen LogP contribution is -2.30. The number of aliphatic carboxylic acids is 1. The Labute approximate surface area is 136 Å². The Morgan fingerprint density at radius 2 is 2.05 bits per heavy atom. The van der Waals surface area contributed by atoms with E-state index in [1.165, 1.54) is 0 Å². The van der Waals surface area contributed by atoms with E-state index in [4.69, 9.17) is 9.52 Å². The molecular weight excluding hydrogens is 350 g/mol. The molecule has 22 heavy (non-hydrogen) atoms. The van der Waals surface area contributed by atoms with Crippen LogP contribution in [0.4, 0.5) is 0 Å². The second kappa shape index (κ2) is 6.79. The lowest BCUT2D eigenvalue weighted by Gasteiger charge is -2.17. The van der Waals surface area contributed by atoms with Gasteiger partial charge in [-0.3, -0.25) is 9.59 Å². The minimum Gasteiger partial charge on any atom is -0.481 e. The number of carbonyl (C=O) groups is 2. The number of benzene rings is 1. The molecule has 0 aliphatic rings. The summed E-state index contributed by atoms with van der Waals surface area (Å²) in [5.74, 6) is -0.177. The van der Waals surface area contributed by atoms with Crippen LogP contribution in [0.2, 0.25) is 0 Å². The van der Waals surface area contributed by atoms with E-state index in [-0.39, 0.29) is 12.3 Å². The number of hydrogen-bond donors (Lipinski definition) is 2. The van der Waals surface area contributed by atoms with E-state index < -0.39 is 12.0 Å². The van der Waals surface area contributed by atoms with E-state index in [1.54, 1.807) is 38.1 Å². The van der Waals surface area contributed by atoms with Gasteiger partial charge < -0.3 is 14.8 Å². The van der Waals surface area contributed by atoms with Gasteiger partial charge in [0, 0.05) is 4.47 Å². The van der Waals surface area contributed by atoms with Crippen LogP contribution >= 0.6 is 15.9 Å². The van der Waals surface area contributed by atoms with Crippen molar-refractivity contribution in [1.82, 2.24) is 5.32 Å². The second-order valence-electron chi connectivity index (χ2n) is 5.01. The van der Waals surface area contributed by atoms with Crippen molar-refractivity contribution < 1.29 is 19.1 Å². The number of amides is 1. The zero-order valence-corrected chi connectivity index (χ0v) is 13.8. The number of furan rings is 1. The van der Waals surface area contributed by atoms with Crippen molar-refractivity contribution in [3.8, 4) is 0 Å². The first kappa shape index (κ1) is 16.3. The highest BCUT2D eigenvalue weighted by atomic mass is 79.9. The third kappa shape index (κ3) is 3.98. The molecule has 6 heteroatoms. The molecule has 1 aromatic carbocycles. The van der Waals surface area contributed by atoms with Crippen LogP contribution in [0.3, 0.4) is 0 Å². The molecule has 1 unspecified atom stereocenters. The summed E-state index contributed by atoms with van der Waals surface area (Å²) >= 11 is 3.35. The summed E-state index contributed by atoms with van der Waals surface area (Å²) in [5.41, 5.74) is 1.14. The minimum atomic E-state index is -0.981. The molecule has 0 radical (unpaired) electrons. The highest BCUT2D eigenvalue weighted by Crippen LogP contribution is 2.22. The van der Waals surface area contributed by atoms with Crippen LogP contribution in [0, 0.1) is 13.8 Å². The van der Waals surface area contributed by atoms with Gasteiger partial charge in [-0.1, -0.05) is 28.1 Å². The van der Waals surface area contributed by atoms with Gasteiger partial charge in [0.1, 0.15) is 11.5 Å². The standard InChI is InChI=1S/C16H16BrNO4/c1-9-6-13(10(2)22-9)16(21)18-14(8-15(19)20)11-4-3-5-12(17)7-11/h3-7,14H,8H2,1-2H3,(H,18,21)(H,19,20). The van der Waals surface area contributed by atoms with Crippen LogP contribution in [-0.2, 0) is 4.79 Å². The minimum absolute atomic E-state index is 0.196. The van der Waals surface area contributed by atoms with Gasteiger partial charge >= 0.3 is 5.97 Å². The van der Waals surface area contributed by atoms with Crippen molar-refractivity contribution in [2.75, 3.05) is 0 Å². The van der Waals surface area contributed by atoms with Crippen molar-refractivity contribution >= 4 is 27.8 Å². The SMILES string of the molecule is Cc1cc(C(=O)NC(CC(=O)O)c2cccc(Br)c2)c(C)o1. The van der Waals surface area contributed by atoms with Crippen LogP contribution in [-0.4, -0.2) is 17.0 Å². The molecule has 0 fully saturated rings. The van der Waals surface area contributed by atoms with Crippen LogP contribution in [0.1, 0.15) is 39.9 Å². The lowest BCUT2D eigenvalue weighted by atomic mass is 10.0. The maximum Gasteiger partial charge on any atom is 0.305 e. The Balaban J connectivity index is 2.25. The highest BCUT2D eigenvalue weighted by molar-refractivity contribution is 9.10. The molecule has 0 aliphatic carbocycles. The van der Waals surface area contributed by atoms with E-state index in [2.05, 4.69) is 21.2 Å². The number of rotatable bonds is 5. The molecular formula is C16H16BrNO4. The molecule has 2 aromatic rings. The van der Waals surface area contributed by atoms with Crippen LogP contribution in [0.15, 0.2) is 39.2 Å². The monoisotopic (exact) mass is 365 g/mol. The summed E-state index contributed by atoms with van der Waals surface area (Å²) in [6.07, 6.45) is -0.196. The smallest absolute Gasteiger partial charge is 0.305 e. The number of hydrogen-bond acceptors (Lipinski definition) is 3. The molecule has 1 heterocycles. The molecule has 1 amide bonds. The van der Waals surface area contributed by atoms with E-state index in [1.807, 2.05) is 6.07 Å². The first-order chi connectivity index (χ1) is 10.4. The van der Waals surface area contributed by atoms with Gasteiger partial charge in [-0.25, -0.2) is 0 Å². The van der Waals surface area contributed by atoms with Crippen molar-refractivity contribution in [1.29, 1.82) is 0 Å². The van der Waals surface area contributed by atoms with Crippen molar-refractivity contribution in [2.24, 2.45) is 0 Å². The molecule has 1 atom stereocenters. The zero-order chi connectivity index (χ0) is 16.3. The third-order valence-corrected chi connectivity index (χ3v) is 3.71. The number of nitrogens with one attached hydrogen (secondary N) is 1. The molecule has 0 saturated heterocycles. The van der Waals surface area contributed by atoms with E-state index >= 15 is 0 Å². The molecule has 116 valence electrons. The Morgan fingerprint density at radius 1 is 1.32 bits per heavy atom. The average Bonchev–Trinajstić information content (AvgIpc) is 2.76. The molecule has 0 saturated carbocycles. The summed E-state index contributed by atoms with van der Waals surface area (Å²) < 4.78 is 6.16.